The predicted octanol–water partition coefficient (Wildman–Crippen LogP) is 4.30. The van der Waals surface area contributed by atoms with E-state index < -0.39 is 127 Å². The summed E-state index contributed by atoms with van der Waals surface area (Å²) in [4.78, 5) is 18.4. The molecule has 3 aromatic rings. The van der Waals surface area contributed by atoms with Crippen molar-refractivity contribution in [3.05, 3.63) is 71.5 Å². The average molecular weight is 1090 g/mol. The fourth-order valence-electron chi connectivity index (χ4n) is 12.0. The summed E-state index contributed by atoms with van der Waals surface area (Å²) in [5.74, 6) is -2.91. The summed E-state index contributed by atoms with van der Waals surface area (Å²) in [6.07, 6.45) is -5.32. The number of benzene rings is 1. The van der Waals surface area contributed by atoms with E-state index in [1.165, 1.54) is 38.2 Å². The molecule has 6 rings (SSSR count). The van der Waals surface area contributed by atoms with Crippen LogP contribution in [0.25, 0.3) is 11.1 Å². The predicted molar refractivity (Wildman–Crippen MR) is 282 cm³/mol. The maximum Gasteiger partial charge on any atom is 0.311 e. The minimum Gasteiger partial charge on any atom is -0.619 e. The van der Waals surface area contributed by atoms with Gasteiger partial charge in [-0.05, 0) is 105 Å². The second-order valence-corrected chi connectivity index (χ2v) is 23.1. The van der Waals surface area contributed by atoms with Gasteiger partial charge in [0.2, 0.25) is 0 Å². The molecule has 0 bridgehead atoms. The Balaban J connectivity index is 1.25. The maximum absolute atomic E-state index is 14.9. The van der Waals surface area contributed by atoms with Gasteiger partial charge in [0.05, 0.1) is 47.2 Å². The number of carbonyl (C=O) groups excluding carboxylic acids is 1. The van der Waals surface area contributed by atoms with Crippen molar-refractivity contribution in [3.63, 3.8) is 0 Å². The number of cyclic esters (lactones) is 1. The molecule has 0 spiro atoms. The van der Waals surface area contributed by atoms with Gasteiger partial charge in [-0.25, -0.2) is 9.07 Å². The van der Waals surface area contributed by atoms with Crippen LogP contribution in [-0.2, 0) is 44.4 Å². The summed E-state index contributed by atoms with van der Waals surface area (Å²) in [6.45, 7) is 17.4. The molecule has 0 saturated carbocycles. The van der Waals surface area contributed by atoms with Crippen molar-refractivity contribution in [2.24, 2.45) is 17.8 Å². The number of halogens is 1. The highest BCUT2D eigenvalue weighted by molar-refractivity contribution is 5.73. The molecule has 20 atom stereocenters. The smallest absolute Gasteiger partial charge is 0.311 e. The number of likely N-dealkylation sites (N-methyl/N-ethyl adjacent to an activating group) is 2. The fraction of sp³-hybridized carbons (Fsp3) is 0.750. The van der Waals surface area contributed by atoms with Crippen LogP contribution in [0.2, 0.25) is 0 Å². The van der Waals surface area contributed by atoms with Gasteiger partial charge in [0, 0.05) is 76.0 Å². The number of hydrogen-bond acceptors (Lipinski definition) is 18. The molecule has 0 aliphatic carbocycles. The summed E-state index contributed by atoms with van der Waals surface area (Å²) >= 11 is 0. The SMILES string of the molecule is CC[C@H]1OC(=O)[C@H](C)[C@@H](O[C@H]2C[C@@](C)(OC)[C@@H](O)[C@H](C)O2)[C@H](C)[C@@H](O[C@@H]2O[C@H](C)C[C@H](N(C)CCc3cn([C@H](CF)[C@H](OC)c4ccc(-c5ccc[n+]([O-])c5)cc4)nn3)[C@H]2O)[C@](C)(O)C[C@@H](C)CN(C)[C@H](C)[C@@H](O)[C@]1(C)O. The molecule has 0 unspecified atom stereocenters. The number of aliphatic hydroxyl groups excluding tert-OH is 3. The molecule has 3 aliphatic heterocycles. The second-order valence-electron chi connectivity index (χ2n) is 23.1. The summed E-state index contributed by atoms with van der Waals surface area (Å²) in [5.41, 5.74) is -1.75. The number of ether oxygens (including phenoxy) is 7. The number of hydrogen-bond donors (Lipinski definition) is 5. The van der Waals surface area contributed by atoms with Gasteiger partial charge in [0.15, 0.2) is 25.0 Å². The summed E-state index contributed by atoms with van der Waals surface area (Å²) in [6, 6.07) is 8.95. The summed E-state index contributed by atoms with van der Waals surface area (Å²) < 4.78 is 61.3. The van der Waals surface area contributed by atoms with Crippen LogP contribution >= 0.6 is 0 Å². The van der Waals surface area contributed by atoms with Crippen molar-refractivity contribution in [1.82, 2.24) is 24.8 Å². The Labute approximate surface area is 454 Å². The minimum absolute atomic E-state index is 0.0772. The normalized spacial score (nSPS) is 38.1. The van der Waals surface area contributed by atoms with Gasteiger partial charge >= 0.3 is 5.97 Å². The van der Waals surface area contributed by atoms with E-state index in [1.54, 1.807) is 60.7 Å². The van der Waals surface area contributed by atoms with Crippen molar-refractivity contribution in [1.29, 1.82) is 0 Å². The quantitative estimate of drug-likeness (QED) is 0.0762. The zero-order chi connectivity index (χ0) is 56.9. The molecule has 2 aromatic heterocycles. The lowest BCUT2D eigenvalue weighted by Crippen LogP contribution is -2.61. The zero-order valence-corrected chi connectivity index (χ0v) is 47.6. The lowest BCUT2D eigenvalue weighted by molar-refractivity contribution is -0.604. The van der Waals surface area contributed by atoms with Crippen LogP contribution in [0.4, 0.5) is 4.39 Å². The van der Waals surface area contributed by atoms with Gasteiger partial charge in [-0.15, -0.1) is 5.10 Å². The van der Waals surface area contributed by atoms with Crippen LogP contribution in [0.15, 0.2) is 55.0 Å². The van der Waals surface area contributed by atoms with E-state index in [0.717, 1.165) is 21.4 Å². The van der Waals surface area contributed by atoms with E-state index in [2.05, 4.69) is 10.3 Å². The first-order valence-corrected chi connectivity index (χ1v) is 27.2. The Hall–Kier alpha value is -3.81. The topological polar surface area (TPSA) is 247 Å². The Morgan fingerprint density at radius 1 is 0.974 bits per heavy atom. The Morgan fingerprint density at radius 2 is 1.66 bits per heavy atom. The number of alkyl halides is 1. The molecule has 5 N–H and O–H groups in total. The molecule has 77 heavy (non-hydrogen) atoms. The Kier molecular flexibility index (Phi) is 21.2. The van der Waals surface area contributed by atoms with Crippen LogP contribution in [0.3, 0.4) is 0 Å². The Morgan fingerprint density at radius 3 is 2.29 bits per heavy atom. The monoisotopic (exact) mass is 1090 g/mol. The molecule has 3 fully saturated rings. The molecule has 20 nitrogen and oxygen atoms in total. The van der Waals surface area contributed by atoms with Gasteiger partial charge in [-0.1, -0.05) is 50.3 Å². The van der Waals surface area contributed by atoms with Gasteiger partial charge in [-0.2, -0.15) is 4.73 Å². The number of rotatable bonds is 16. The maximum atomic E-state index is 14.9. The van der Waals surface area contributed by atoms with Crippen LogP contribution < -0.4 is 4.73 Å². The molecule has 0 amide bonds. The molecular weight excluding hydrogens is 1000 g/mol. The van der Waals surface area contributed by atoms with Crippen LogP contribution in [0.5, 0.6) is 0 Å². The molecule has 1 aromatic carbocycles. The molecule has 434 valence electrons. The van der Waals surface area contributed by atoms with E-state index in [0.29, 0.717) is 31.6 Å². The third kappa shape index (κ3) is 14.4. The molecule has 3 aliphatic rings. The largest absolute Gasteiger partial charge is 0.619 e. The van der Waals surface area contributed by atoms with Crippen LogP contribution in [-0.4, -0.2) is 195 Å². The van der Waals surface area contributed by atoms with Crippen LogP contribution in [0, 0.1) is 23.0 Å². The van der Waals surface area contributed by atoms with Gasteiger partial charge < -0.3 is 73.7 Å². The summed E-state index contributed by atoms with van der Waals surface area (Å²) in [7, 11) is 6.70. The van der Waals surface area contributed by atoms with E-state index in [-0.39, 0.29) is 25.2 Å². The highest BCUT2D eigenvalue weighted by Crippen LogP contribution is 2.41. The molecule has 3 saturated heterocycles. The average Bonchev–Trinajstić information content (AvgIpc) is 3.86. The molecule has 0 radical (unpaired) electrons. The first-order chi connectivity index (χ1) is 36.2. The number of esters is 1. The molecule has 5 heterocycles. The summed E-state index contributed by atoms with van der Waals surface area (Å²) in [5, 5.41) is 80.5. The molecular formula is C56H89FN6O14. The van der Waals surface area contributed by atoms with Crippen molar-refractivity contribution >= 4 is 5.97 Å². The number of aromatic nitrogens is 4. The number of aliphatic hydroxyl groups is 5. The van der Waals surface area contributed by atoms with Crippen LogP contribution in [0.1, 0.15) is 118 Å². The van der Waals surface area contributed by atoms with E-state index in [1.807, 2.05) is 68.1 Å². The number of nitrogens with zero attached hydrogens (tertiary/aromatic N) is 6. The third-order valence-electron chi connectivity index (χ3n) is 16.8. The lowest BCUT2D eigenvalue weighted by Gasteiger charge is -2.49. The standard InChI is InChI=1S/C56H89FN6O14/c1-15-44-56(10,69)49(65)36(6)61(12)29-32(2)26-54(8,68)51(34(4)47(35(5)52(67)75-44)76-45-27-55(9,72-14)50(66)37(7)74-45)77-53-46(64)42(25-33(3)73-53)60(11)24-22-41-31-63(59-58-41)43(28-57)48(71-13)39-20-18-38(19-21-39)40-17-16-23-62(70)30-40/h16-21,23,30-37,42-51,53,64-66,68-69H,15,22,24-29H2,1-14H3/t32-,33-,34+,35-,36-,37+,42+,43-,44-,45+,46-,47+,48-,49-,50+,51-,53+,54-,55-,56-/m1/s1. The first kappa shape index (κ1) is 62.4. The first-order valence-electron chi connectivity index (χ1n) is 27.2. The van der Waals surface area contributed by atoms with Crippen molar-refractivity contribution in [3.8, 4) is 11.1 Å². The second kappa shape index (κ2) is 26.2. The number of carbonyl (C=O) groups is 1. The van der Waals surface area contributed by atoms with E-state index in [9.17, 15) is 39.9 Å². The minimum atomic E-state index is -1.86. The number of methoxy groups -OCH3 is 2. The zero-order valence-electron chi connectivity index (χ0n) is 47.6. The lowest BCUT2D eigenvalue weighted by atomic mass is 9.77. The highest BCUT2D eigenvalue weighted by Gasteiger charge is 2.53. The Bertz CT molecular complexity index is 2330. The molecule has 21 heteroatoms. The van der Waals surface area contributed by atoms with E-state index >= 15 is 0 Å². The highest BCUT2D eigenvalue weighted by atomic mass is 19.1. The van der Waals surface area contributed by atoms with Gasteiger partial charge in [0.25, 0.3) is 0 Å². The number of pyridine rings is 1. The van der Waals surface area contributed by atoms with Crippen molar-refractivity contribution in [2.45, 2.75) is 204 Å². The van der Waals surface area contributed by atoms with Crippen molar-refractivity contribution < 1.29 is 72.6 Å². The van der Waals surface area contributed by atoms with Gasteiger partial charge in [-0.3, -0.25) is 4.79 Å². The fourth-order valence-corrected chi connectivity index (χ4v) is 12.0. The van der Waals surface area contributed by atoms with Gasteiger partial charge in [0.1, 0.15) is 48.8 Å². The van der Waals surface area contributed by atoms with Crippen molar-refractivity contribution in [2.75, 3.05) is 48.1 Å². The third-order valence-corrected chi connectivity index (χ3v) is 16.8. The van der Waals surface area contributed by atoms with E-state index in [4.69, 9.17) is 33.2 Å².